The van der Waals surface area contributed by atoms with E-state index >= 15 is 0 Å². The molecular weight excluding hydrogens is 214 g/mol. The van der Waals surface area contributed by atoms with Gasteiger partial charge < -0.3 is 5.21 Å². The first-order valence-electron chi connectivity index (χ1n) is 4.39. The number of benzene rings is 1. The lowest BCUT2D eigenvalue weighted by molar-refractivity contribution is 0.320. The summed E-state index contributed by atoms with van der Waals surface area (Å²) >= 11 is 5.91. The van der Waals surface area contributed by atoms with Crippen molar-refractivity contribution in [3.8, 4) is 0 Å². The molecule has 0 fully saturated rings. The van der Waals surface area contributed by atoms with E-state index in [0.717, 1.165) is 0 Å². The molecule has 0 saturated carbocycles. The van der Waals surface area contributed by atoms with Crippen molar-refractivity contribution in [2.24, 2.45) is 10.3 Å². The van der Waals surface area contributed by atoms with Gasteiger partial charge in [0.05, 0.1) is 22.1 Å². The summed E-state index contributed by atoms with van der Waals surface area (Å²) in [5.41, 5.74) is 4.55. The third-order valence-corrected chi connectivity index (χ3v) is 2.22. The quantitative estimate of drug-likeness (QED) is 0.472. The van der Waals surface area contributed by atoms with Crippen molar-refractivity contribution in [2.45, 2.75) is 13.8 Å². The molecule has 0 amide bonds. The van der Waals surface area contributed by atoms with Crippen LogP contribution in [0.25, 0.3) is 0 Å². The van der Waals surface area contributed by atoms with Crippen molar-refractivity contribution >= 4 is 28.7 Å². The van der Waals surface area contributed by atoms with Gasteiger partial charge in [0.2, 0.25) is 0 Å². The smallest absolute Gasteiger partial charge is 0.0993 e. The van der Waals surface area contributed by atoms with Crippen LogP contribution in [-0.2, 0) is 0 Å². The molecule has 0 bridgehead atoms. The number of nitrogens with zero attached hydrogens (tertiary/aromatic N) is 2. The highest BCUT2D eigenvalue weighted by atomic mass is 35.5. The van der Waals surface area contributed by atoms with Crippen LogP contribution in [0.5, 0.6) is 0 Å². The molecule has 0 aliphatic rings. The van der Waals surface area contributed by atoms with Crippen molar-refractivity contribution in [2.75, 3.05) is 5.43 Å². The molecule has 0 aliphatic heterocycles. The minimum Gasteiger partial charge on any atom is -0.411 e. The maximum absolute atomic E-state index is 8.51. The zero-order valence-corrected chi connectivity index (χ0v) is 9.28. The van der Waals surface area contributed by atoms with Crippen molar-refractivity contribution < 1.29 is 5.21 Å². The number of nitrogens with one attached hydrogen (secondary N) is 1. The molecule has 1 rings (SSSR count). The summed E-state index contributed by atoms with van der Waals surface area (Å²) in [5.74, 6) is 0. The zero-order chi connectivity index (χ0) is 11.3. The number of hydrogen-bond acceptors (Lipinski definition) is 4. The first kappa shape index (κ1) is 11.5. The second-order valence-electron chi connectivity index (χ2n) is 2.97. The van der Waals surface area contributed by atoms with Crippen molar-refractivity contribution in [1.29, 1.82) is 0 Å². The Bertz CT molecular complexity index is 401. The van der Waals surface area contributed by atoms with Crippen LogP contribution < -0.4 is 5.43 Å². The van der Waals surface area contributed by atoms with Gasteiger partial charge in [-0.3, -0.25) is 5.43 Å². The number of hydrogen-bond donors (Lipinski definition) is 2. The van der Waals surface area contributed by atoms with Crippen LogP contribution in [0.15, 0.2) is 34.5 Å². The van der Waals surface area contributed by atoms with Crippen LogP contribution in [0.4, 0.5) is 5.69 Å². The Morgan fingerprint density at radius 3 is 2.53 bits per heavy atom. The second-order valence-corrected chi connectivity index (χ2v) is 3.38. The standard InChI is InChI=1S/C10H12ClN3O/c1-7(8(2)14-15)12-13-10-6-4-3-5-9(10)11/h3-6,13,15H,1-2H3/b12-7-,14-8-. The molecular formula is C10H12ClN3O. The summed E-state index contributed by atoms with van der Waals surface area (Å²) in [6.45, 7) is 3.39. The summed E-state index contributed by atoms with van der Waals surface area (Å²) in [6.07, 6.45) is 0. The molecule has 0 radical (unpaired) electrons. The van der Waals surface area contributed by atoms with E-state index in [0.29, 0.717) is 22.1 Å². The van der Waals surface area contributed by atoms with E-state index in [-0.39, 0.29) is 0 Å². The number of hydrazone groups is 1. The van der Waals surface area contributed by atoms with Crippen molar-refractivity contribution in [3.05, 3.63) is 29.3 Å². The van der Waals surface area contributed by atoms with Crippen LogP contribution in [0.3, 0.4) is 0 Å². The van der Waals surface area contributed by atoms with E-state index < -0.39 is 0 Å². The van der Waals surface area contributed by atoms with Crippen molar-refractivity contribution in [3.63, 3.8) is 0 Å². The molecule has 80 valence electrons. The molecule has 1 aromatic carbocycles. The first-order chi connectivity index (χ1) is 7.15. The molecule has 0 unspecified atom stereocenters. The predicted octanol–water partition coefficient (Wildman–Crippen LogP) is 2.98. The van der Waals surface area contributed by atoms with Crippen LogP contribution in [-0.4, -0.2) is 16.6 Å². The maximum atomic E-state index is 8.51. The summed E-state index contributed by atoms with van der Waals surface area (Å²) in [6, 6.07) is 7.27. The van der Waals surface area contributed by atoms with Gasteiger partial charge >= 0.3 is 0 Å². The third kappa shape index (κ3) is 3.25. The lowest BCUT2D eigenvalue weighted by Gasteiger charge is -2.03. The van der Waals surface area contributed by atoms with Gasteiger partial charge in [-0.25, -0.2) is 0 Å². The topological polar surface area (TPSA) is 57.0 Å². The fraction of sp³-hybridized carbons (Fsp3) is 0.200. The Balaban J connectivity index is 2.77. The number of oxime groups is 1. The zero-order valence-electron chi connectivity index (χ0n) is 8.53. The molecule has 0 aliphatic carbocycles. The molecule has 1 aromatic rings. The van der Waals surface area contributed by atoms with Gasteiger partial charge in [0.1, 0.15) is 0 Å². The van der Waals surface area contributed by atoms with Gasteiger partial charge in [0, 0.05) is 0 Å². The number of anilines is 1. The Morgan fingerprint density at radius 1 is 1.27 bits per heavy atom. The Hall–Kier alpha value is -1.55. The average Bonchev–Trinajstić information content (AvgIpc) is 2.26. The molecule has 5 heteroatoms. The summed E-state index contributed by atoms with van der Waals surface area (Å²) in [5, 5.41) is 16.2. The SMILES string of the molecule is CC(=N/O)/C(C)=N\Nc1ccccc1Cl. The van der Waals surface area contributed by atoms with Gasteiger partial charge in [-0.1, -0.05) is 28.9 Å². The first-order valence-corrected chi connectivity index (χ1v) is 4.77. The van der Waals surface area contributed by atoms with E-state index in [1.54, 1.807) is 19.9 Å². The van der Waals surface area contributed by atoms with Crippen LogP contribution >= 0.6 is 11.6 Å². The van der Waals surface area contributed by atoms with Crippen LogP contribution in [0.2, 0.25) is 5.02 Å². The Kier molecular flexibility index (Phi) is 4.12. The van der Waals surface area contributed by atoms with E-state index in [9.17, 15) is 0 Å². The normalized spacial score (nSPS) is 12.7. The lowest BCUT2D eigenvalue weighted by Crippen LogP contribution is -2.08. The van der Waals surface area contributed by atoms with Crippen LogP contribution in [0.1, 0.15) is 13.8 Å². The van der Waals surface area contributed by atoms with E-state index in [4.69, 9.17) is 16.8 Å². The molecule has 0 heterocycles. The van der Waals surface area contributed by atoms with Gasteiger partial charge in [0.25, 0.3) is 0 Å². The Morgan fingerprint density at radius 2 is 1.93 bits per heavy atom. The number of para-hydroxylation sites is 1. The molecule has 15 heavy (non-hydrogen) atoms. The lowest BCUT2D eigenvalue weighted by atomic mass is 10.3. The molecule has 2 N–H and O–H groups in total. The molecule has 0 aromatic heterocycles. The van der Waals surface area contributed by atoms with E-state index in [1.807, 2.05) is 18.2 Å². The number of halogens is 1. The fourth-order valence-electron chi connectivity index (χ4n) is 0.849. The molecule has 0 atom stereocenters. The minimum atomic E-state index is 0.453. The molecule has 0 saturated heterocycles. The minimum absolute atomic E-state index is 0.453. The monoisotopic (exact) mass is 225 g/mol. The summed E-state index contributed by atoms with van der Waals surface area (Å²) < 4.78 is 0. The summed E-state index contributed by atoms with van der Waals surface area (Å²) in [4.78, 5) is 0. The maximum Gasteiger partial charge on any atom is 0.0993 e. The highest BCUT2D eigenvalue weighted by Crippen LogP contribution is 2.20. The van der Waals surface area contributed by atoms with Crippen molar-refractivity contribution in [1.82, 2.24) is 0 Å². The fourth-order valence-corrected chi connectivity index (χ4v) is 1.03. The highest BCUT2D eigenvalue weighted by Gasteiger charge is 1.99. The Labute approximate surface area is 93.3 Å². The van der Waals surface area contributed by atoms with E-state index in [2.05, 4.69) is 15.7 Å². The summed E-state index contributed by atoms with van der Waals surface area (Å²) in [7, 11) is 0. The molecule has 4 nitrogen and oxygen atoms in total. The average molecular weight is 226 g/mol. The van der Waals surface area contributed by atoms with Gasteiger partial charge in [0.15, 0.2) is 0 Å². The third-order valence-electron chi connectivity index (χ3n) is 1.89. The van der Waals surface area contributed by atoms with Crippen LogP contribution in [0, 0.1) is 0 Å². The van der Waals surface area contributed by atoms with E-state index in [1.165, 1.54) is 0 Å². The predicted molar refractivity (Wildman–Crippen MR) is 63.1 cm³/mol. The number of rotatable bonds is 3. The van der Waals surface area contributed by atoms with Gasteiger partial charge in [-0.05, 0) is 26.0 Å². The second kappa shape index (κ2) is 5.36. The molecule has 0 spiro atoms. The van der Waals surface area contributed by atoms with Gasteiger partial charge in [-0.2, -0.15) is 5.10 Å². The van der Waals surface area contributed by atoms with Gasteiger partial charge in [-0.15, -0.1) is 0 Å². The largest absolute Gasteiger partial charge is 0.411 e. The highest BCUT2D eigenvalue weighted by molar-refractivity contribution is 6.40.